The molecule has 1 fully saturated rings. The maximum atomic E-state index is 5.76. The fourth-order valence-electron chi connectivity index (χ4n) is 1.98. The molecule has 0 aliphatic carbocycles. The molecule has 0 saturated carbocycles. The summed E-state index contributed by atoms with van der Waals surface area (Å²) in [5.74, 6) is 0. The molecule has 0 radical (unpaired) electrons. The van der Waals surface area contributed by atoms with E-state index in [9.17, 15) is 0 Å². The molecule has 1 aromatic rings. The van der Waals surface area contributed by atoms with Crippen LogP contribution in [0.4, 0.5) is 5.69 Å². The lowest BCUT2D eigenvalue weighted by Crippen LogP contribution is -2.24. The predicted octanol–water partition coefficient (Wildman–Crippen LogP) is 1.52. The van der Waals surface area contributed by atoms with Crippen LogP contribution in [0.25, 0.3) is 0 Å². The number of hydrogen-bond donors (Lipinski definition) is 2. The van der Waals surface area contributed by atoms with Crippen LogP contribution in [0.15, 0.2) is 24.3 Å². The lowest BCUT2D eigenvalue weighted by molar-refractivity contribution is 0.525. The van der Waals surface area contributed by atoms with E-state index in [1.807, 2.05) is 12.1 Å². The fraction of sp³-hybridized carbons (Fsp3) is 0.455. The molecule has 0 aromatic heterocycles. The van der Waals surface area contributed by atoms with Gasteiger partial charge >= 0.3 is 0 Å². The molecule has 70 valence electrons. The van der Waals surface area contributed by atoms with Crippen molar-refractivity contribution in [2.75, 3.05) is 18.8 Å². The van der Waals surface area contributed by atoms with Gasteiger partial charge in [0.25, 0.3) is 0 Å². The summed E-state index contributed by atoms with van der Waals surface area (Å²) in [4.78, 5) is 0. The van der Waals surface area contributed by atoms with Gasteiger partial charge in [-0.3, -0.25) is 0 Å². The number of rotatable bonds is 1. The lowest BCUT2D eigenvalue weighted by Gasteiger charge is -2.23. The summed E-state index contributed by atoms with van der Waals surface area (Å²) in [6.45, 7) is 4.48. The van der Waals surface area contributed by atoms with Crippen LogP contribution in [0.3, 0.4) is 0 Å². The fourth-order valence-corrected chi connectivity index (χ4v) is 1.98. The maximum absolute atomic E-state index is 5.76. The number of nitrogens with one attached hydrogen (secondary N) is 1. The molecule has 13 heavy (non-hydrogen) atoms. The molecule has 1 aliphatic rings. The Hall–Kier alpha value is -1.02. The molecule has 1 unspecified atom stereocenters. The van der Waals surface area contributed by atoms with Gasteiger partial charge in [0.15, 0.2) is 0 Å². The number of nitrogens with two attached hydrogens (primary N) is 1. The highest BCUT2D eigenvalue weighted by Gasteiger charge is 2.30. The average molecular weight is 176 g/mol. The Kier molecular flexibility index (Phi) is 2.00. The zero-order valence-corrected chi connectivity index (χ0v) is 8.01. The Labute approximate surface area is 79.1 Å². The molecule has 2 nitrogen and oxygen atoms in total. The van der Waals surface area contributed by atoms with E-state index in [4.69, 9.17) is 5.73 Å². The highest BCUT2D eigenvalue weighted by Crippen LogP contribution is 2.30. The summed E-state index contributed by atoms with van der Waals surface area (Å²) in [5, 5.41) is 3.39. The standard InChI is InChI=1S/C11H16N2/c1-11(5-6-13-8-11)9-3-2-4-10(12)7-9/h2-4,7,13H,5-6,8,12H2,1H3. The minimum absolute atomic E-state index is 0.287. The second-order valence-corrected chi connectivity index (χ2v) is 4.11. The molecule has 1 aromatic carbocycles. The van der Waals surface area contributed by atoms with Crippen LogP contribution in [0.1, 0.15) is 18.9 Å². The van der Waals surface area contributed by atoms with Crippen LogP contribution in [0.2, 0.25) is 0 Å². The van der Waals surface area contributed by atoms with Crippen LogP contribution >= 0.6 is 0 Å². The van der Waals surface area contributed by atoms with E-state index >= 15 is 0 Å². The lowest BCUT2D eigenvalue weighted by atomic mass is 9.82. The van der Waals surface area contributed by atoms with E-state index in [2.05, 4.69) is 24.4 Å². The molecule has 2 heteroatoms. The van der Waals surface area contributed by atoms with Crippen molar-refractivity contribution in [1.82, 2.24) is 5.32 Å². The minimum Gasteiger partial charge on any atom is -0.399 e. The van der Waals surface area contributed by atoms with E-state index < -0.39 is 0 Å². The summed E-state index contributed by atoms with van der Waals surface area (Å²) in [5.41, 5.74) is 8.28. The quantitative estimate of drug-likeness (QED) is 0.637. The van der Waals surface area contributed by atoms with E-state index in [-0.39, 0.29) is 5.41 Å². The Morgan fingerprint density at radius 2 is 2.31 bits per heavy atom. The van der Waals surface area contributed by atoms with Crippen molar-refractivity contribution in [3.8, 4) is 0 Å². The van der Waals surface area contributed by atoms with E-state index in [1.54, 1.807) is 0 Å². The van der Waals surface area contributed by atoms with Crippen molar-refractivity contribution in [2.24, 2.45) is 0 Å². The molecule has 1 aliphatic heterocycles. The van der Waals surface area contributed by atoms with Crippen LogP contribution in [0.5, 0.6) is 0 Å². The zero-order valence-electron chi connectivity index (χ0n) is 8.01. The van der Waals surface area contributed by atoms with Crippen molar-refractivity contribution < 1.29 is 0 Å². The molecule has 3 N–H and O–H groups in total. The Bertz CT molecular complexity index is 301. The number of benzene rings is 1. The minimum atomic E-state index is 0.287. The van der Waals surface area contributed by atoms with Crippen LogP contribution in [0, 0.1) is 0 Å². The largest absolute Gasteiger partial charge is 0.399 e. The Morgan fingerprint density at radius 1 is 1.46 bits per heavy atom. The van der Waals surface area contributed by atoms with Gasteiger partial charge in [-0.25, -0.2) is 0 Å². The van der Waals surface area contributed by atoms with Crippen molar-refractivity contribution >= 4 is 5.69 Å². The van der Waals surface area contributed by atoms with E-state index in [0.29, 0.717) is 0 Å². The number of hydrogen-bond acceptors (Lipinski definition) is 2. The summed E-state index contributed by atoms with van der Waals surface area (Å²) < 4.78 is 0. The molecule has 1 heterocycles. The van der Waals surface area contributed by atoms with Crippen molar-refractivity contribution in [3.05, 3.63) is 29.8 Å². The predicted molar refractivity (Wildman–Crippen MR) is 55.7 cm³/mol. The highest BCUT2D eigenvalue weighted by molar-refractivity contribution is 5.43. The molecule has 1 atom stereocenters. The van der Waals surface area contributed by atoms with E-state index in [1.165, 1.54) is 12.0 Å². The van der Waals surface area contributed by atoms with Crippen LogP contribution in [-0.4, -0.2) is 13.1 Å². The average Bonchev–Trinajstić information content (AvgIpc) is 2.54. The van der Waals surface area contributed by atoms with Gasteiger partial charge in [-0.2, -0.15) is 0 Å². The van der Waals surface area contributed by atoms with Crippen LogP contribution < -0.4 is 11.1 Å². The smallest absolute Gasteiger partial charge is 0.0316 e. The first-order valence-electron chi connectivity index (χ1n) is 4.77. The maximum Gasteiger partial charge on any atom is 0.0316 e. The van der Waals surface area contributed by atoms with Gasteiger partial charge in [-0.05, 0) is 30.7 Å². The Morgan fingerprint density at radius 3 is 2.92 bits per heavy atom. The summed E-state index contributed by atoms with van der Waals surface area (Å²) >= 11 is 0. The Balaban J connectivity index is 2.33. The number of anilines is 1. The molecule has 2 rings (SSSR count). The van der Waals surface area contributed by atoms with Gasteiger partial charge < -0.3 is 11.1 Å². The monoisotopic (exact) mass is 176 g/mol. The zero-order chi connectivity index (χ0) is 9.31. The number of nitrogen functional groups attached to an aromatic ring is 1. The van der Waals surface area contributed by atoms with Gasteiger partial charge in [0.2, 0.25) is 0 Å². The van der Waals surface area contributed by atoms with Gasteiger partial charge in [-0.15, -0.1) is 0 Å². The third kappa shape index (κ3) is 1.54. The molecule has 1 saturated heterocycles. The van der Waals surface area contributed by atoms with Crippen molar-refractivity contribution in [1.29, 1.82) is 0 Å². The second-order valence-electron chi connectivity index (χ2n) is 4.11. The first-order valence-corrected chi connectivity index (χ1v) is 4.77. The van der Waals surface area contributed by atoms with Gasteiger partial charge in [0.05, 0.1) is 0 Å². The molecular weight excluding hydrogens is 160 g/mol. The third-order valence-corrected chi connectivity index (χ3v) is 2.95. The highest BCUT2D eigenvalue weighted by atomic mass is 14.9. The van der Waals surface area contributed by atoms with Crippen LogP contribution in [-0.2, 0) is 5.41 Å². The molecule has 0 bridgehead atoms. The first-order chi connectivity index (χ1) is 6.21. The topological polar surface area (TPSA) is 38.0 Å². The molecule has 0 amide bonds. The van der Waals surface area contributed by atoms with Gasteiger partial charge in [0, 0.05) is 17.6 Å². The second kappa shape index (κ2) is 3.04. The normalized spacial score (nSPS) is 27.8. The SMILES string of the molecule is CC1(c2cccc(N)c2)CCNC1. The summed E-state index contributed by atoms with van der Waals surface area (Å²) in [7, 11) is 0. The van der Waals surface area contributed by atoms with Crippen molar-refractivity contribution in [3.63, 3.8) is 0 Å². The third-order valence-electron chi connectivity index (χ3n) is 2.95. The van der Waals surface area contributed by atoms with E-state index in [0.717, 1.165) is 18.8 Å². The summed E-state index contributed by atoms with van der Waals surface area (Å²) in [6.07, 6.45) is 1.20. The van der Waals surface area contributed by atoms with Gasteiger partial charge in [0.1, 0.15) is 0 Å². The van der Waals surface area contributed by atoms with Gasteiger partial charge in [-0.1, -0.05) is 19.1 Å². The first kappa shape index (κ1) is 8.57. The molecular formula is C11H16N2. The molecule has 0 spiro atoms. The van der Waals surface area contributed by atoms with Crippen molar-refractivity contribution in [2.45, 2.75) is 18.8 Å². The summed E-state index contributed by atoms with van der Waals surface area (Å²) in [6, 6.07) is 8.24.